The second-order valence-electron chi connectivity index (χ2n) is 7.66. The maximum Gasteiger partial charge on any atom is 0.498 e. The number of fused-ring (bicyclic) bond motifs is 1. The summed E-state index contributed by atoms with van der Waals surface area (Å²) in [4.78, 5) is 13.1. The number of nitrogens with one attached hydrogen (secondary N) is 1. The predicted octanol–water partition coefficient (Wildman–Crippen LogP) is 2.25. The van der Waals surface area contributed by atoms with Crippen molar-refractivity contribution in [1.82, 2.24) is 14.8 Å². The fourth-order valence-corrected chi connectivity index (χ4v) is 3.37. The third kappa shape index (κ3) is 2.67. The van der Waals surface area contributed by atoms with Gasteiger partial charge in [0.2, 0.25) is 0 Å². The normalized spacial score (nSPS) is 18.3. The molecule has 1 saturated heterocycles. The summed E-state index contributed by atoms with van der Waals surface area (Å²) in [6.07, 6.45) is 1.67. The molecule has 3 aromatic rings. The molecule has 1 aromatic carbocycles. The van der Waals surface area contributed by atoms with E-state index >= 15 is 0 Å². The first kappa shape index (κ1) is 18.1. The van der Waals surface area contributed by atoms with E-state index in [9.17, 15) is 4.79 Å². The van der Waals surface area contributed by atoms with E-state index in [-0.39, 0.29) is 16.8 Å². The van der Waals surface area contributed by atoms with Crippen LogP contribution >= 0.6 is 11.6 Å². The number of benzene rings is 1. The van der Waals surface area contributed by atoms with Crippen LogP contribution in [0.5, 0.6) is 0 Å². The third-order valence-corrected chi connectivity index (χ3v) is 5.72. The molecule has 0 bridgehead atoms. The van der Waals surface area contributed by atoms with Gasteiger partial charge in [-0.15, -0.1) is 0 Å². The molecule has 9 heteroatoms. The Morgan fingerprint density at radius 3 is 2.44 bits per heavy atom. The smallest absolute Gasteiger partial charge is 0.399 e. The van der Waals surface area contributed by atoms with Gasteiger partial charge in [-0.3, -0.25) is 14.5 Å². The Bertz CT molecular complexity index is 1090. The number of anilines is 1. The Labute approximate surface area is 161 Å². The maximum absolute atomic E-state index is 13.1. The number of pyridine rings is 1. The highest BCUT2D eigenvalue weighted by molar-refractivity contribution is 6.65. The highest BCUT2D eigenvalue weighted by Gasteiger charge is 2.52. The van der Waals surface area contributed by atoms with Gasteiger partial charge in [0.05, 0.1) is 27.4 Å². The molecule has 27 heavy (non-hydrogen) atoms. The molecule has 0 unspecified atom stereocenters. The SMILES string of the molecule is CC1(C)OB(c2cn(-c3ccccc3Cl)c(=O)c3c(N)n[nH]c23)OC1(C)C. The summed E-state index contributed by atoms with van der Waals surface area (Å²) in [5.41, 5.74) is 6.27. The largest absolute Gasteiger partial charge is 0.498 e. The van der Waals surface area contributed by atoms with Crippen molar-refractivity contribution in [2.75, 3.05) is 5.73 Å². The number of hydrogen-bond acceptors (Lipinski definition) is 5. The lowest BCUT2D eigenvalue weighted by Crippen LogP contribution is -2.41. The summed E-state index contributed by atoms with van der Waals surface area (Å²) in [7, 11) is -0.688. The molecular formula is C18H20BClN4O3. The van der Waals surface area contributed by atoms with Crippen molar-refractivity contribution < 1.29 is 9.31 Å². The highest BCUT2D eigenvalue weighted by Crippen LogP contribution is 2.37. The third-order valence-electron chi connectivity index (χ3n) is 5.40. The zero-order valence-electron chi connectivity index (χ0n) is 15.5. The van der Waals surface area contributed by atoms with Gasteiger partial charge < -0.3 is 15.0 Å². The lowest BCUT2D eigenvalue weighted by molar-refractivity contribution is 0.00578. The molecule has 140 valence electrons. The molecule has 0 atom stereocenters. The van der Waals surface area contributed by atoms with Crippen molar-refractivity contribution in [2.24, 2.45) is 0 Å². The molecule has 1 fully saturated rings. The lowest BCUT2D eigenvalue weighted by atomic mass is 9.79. The van der Waals surface area contributed by atoms with Gasteiger partial charge in [-0.1, -0.05) is 23.7 Å². The van der Waals surface area contributed by atoms with Crippen LogP contribution in [0.3, 0.4) is 0 Å². The van der Waals surface area contributed by atoms with Crippen molar-refractivity contribution in [2.45, 2.75) is 38.9 Å². The van der Waals surface area contributed by atoms with E-state index in [1.165, 1.54) is 4.57 Å². The zero-order chi connectivity index (χ0) is 19.6. The predicted molar refractivity (Wildman–Crippen MR) is 107 cm³/mol. The number of nitrogens with zero attached hydrogens (tertiary/aromatic N) is 2. The average Bonchev–Trinajstić information content (AvgIpc) is 3.06. The summed E-state index contributed by atoms with van der Waals surface area (Å²) in [5, 5.41) is 7.58. The molecule has 7 nitrogen and oxygen atoms in total. The Morgan fingerprint density at radius 1 is 1.19 bits per heavy atom. The quantitative estimate of drug-likeness (QED) is 0.659. The van der Waals surface area contributed by atoms with Gasteiger partial charge in [0, 0.05) is 11.7 Å². The first-order valence-electron chi connectivity index (χ1n) is 8.62. The van der Waals surface area contributed by atoms with Crippen LogP contribution in [-0.2, 0) is 9.31 Å². The van der Waals surface area contributed by atoms with E-state index in [0.717, 1.165) is 0 Å². The highest BCUT2D eigenvalue weighted by atomic mass is 35.5. The van der Waals surface area contributed by atoms with Gasteiger partial charge in [0.1, 0.15) is 5.39 Å². The minimum atomic E-state index is -0.688. The van der Waals surface area contributed by atoms with E-state index in [1.54, 1.807) is 24.4 Å². The van der Waals surface area contributed by atoms with Crippen molar-refractivity contribution in [3.8, 4) is 5.69 Å². The van der Waals surface area contributed by atoms with Crippen LogP contribution in [-0.4, -0.2) is 33.1 Å². The summed E-state index contributed by atoms with van der Waals surface area (Å²) in [6.45, 7) is 7.87. The standard InChI is InChI=1S/C18H20BClN4O3/c1-17(2)18(3,4)27-19(26-17)10-9-24(12-8-6-5-7-11(12)20)16(25)13-14(10)22-23-15(13)21/h5-9H,1-4H3,(H3,21,22,23). The zero-order valence-corrected chi connectivity index (χ0v) is 16.3. The molecule has 0 saturated carbocycles. The molecular weight excluding hydrogens is 366 g/mol. The second-order valence-corrected chi connectivity index (χ2v) is 8.07. The van der Waals surface area contributed by atoms with Crippen LogP contribution < -0.4 is 16.8 Å². The van der Waals surface area contributed by atoms with Crippen LogP contribution in [0.15, 0.2) is 35.3 Å². The average molecular weight is 387 g/mol. The van der Waals surface area contributed by atoms with E-state index in [0.29, 0.717) is 21.7 Å². The van der Waals surface area contributed by atoms with Crippen molar-refractivity contribution in [1.29, 1.82) is 0 Å². The van der Waals surface area contributed by atoms with Gasteiger partial charge in [0.25, 0.3) is 5.56 Å². The van der Waals surface area contributed by atoms with E-state index < -0.39 is 18.3 Å². The molecule has 3 heterocycles. The first-order valence-corrected chi connectivity index (χ1v) is 9.00. The number of halogens is 1. The lowest BCUT2D eigenvalue weighted by Gasteiger charge is -2.32. The van der Waals surface area contributed by atoms with Crippen LogP contribution in [0, 0.1) is 0 Å². The summed E-state index contributed by atoms with van der Waals surface area (Å²) in [5.74, 6) is 0.120. The Kier molecular flexibility index (Phi) is 3.92. The topological polar surface area (TPSA) is 95.2 Å². The number of para-hydroxylation sites is 1. The van der Waals surface area contributed by atoms with Gasteiger partial charge in [-0.05, 0) is 39.8 Å². The van der Waals surface area contributed by atoms with E-state index in [2.05, 4.69) is 10.2 Å². The van der Waals surface area contributed by atoms with Gasteiger partial charge in [-0.25, -0.2) is 0 Å². The molecule has 3 N–H and O–H groups in total. The van der Waals surface area contributed by atoms with Crippen molar-refractivity contribution in [3.05, 3.63) is 45.8 Å². The van der Waals surface area contributed by atoms with Crippen LogP contribution in [0.4, 0.5) is 5.82 Å². The Hall–Kier alpha value is -2.29. The maximum atomic E-state index is 13.1. The van der Waals surface area contributed by atoms with Crippen molar-refractivity contribution in [3.63, 3.8) is 0 Å². The molecule has 0 radical (unpaired) electrons. The summed E-state index contributed by atoms with van der Waals surface area (Å²) in [6, 6.07) is 7.10. The van der Waals surface area contributed by atoms with E-state index in [4.69, 9.17) is 26.6 Å². The second kappa shape index (κ2) is 5.86. The molecule has 2 aromatic heterocycles. The van der Waals surface area contributed by atoms with Gasteiger partial charge in [0.15, 0.2) is 5.82 Å². The monoisotopic (exact) mass is 386 g/mol. The Morgan fingerprint density at radius 2 is 1.81 bits per heavy atom. The first-order chi connectivity index (χ1) is 12.6. The molecule has 0 spiro atoms. The fraction of sp³-hybridized carbons (Fsp3) is 0.333. The molecule has 4 rings (SSSR count). The molecule has 1 aliphatic rings. The van der Waals surface area contributed by atoms with Gasteiger partial charge >= 0.3 is 7.12 Å². The number of hydrogen-bond donors (Lipinski definition) is 2. The van der Waals surface area contributed by atoms with Crippen molar-refractivity contribution >= 4 is 40.9 Å². The van der Waals surface area contributed by atoms with Crippen LogP contribution in [0.1, 0.15) is 27.7 Å². The molecule has 0 amide bonds. The fourth-order valence-electron chi connectivity index (χ4n) is 3.14. The molecule has 1 aliphatic heterocycles. The van der Waals surface area contributed by atoms with Crippen LogP contribution in [0.25, 0.3) is 16.6 Å². The van der Waals surface area contributed by atoms with Crippen LogP contribution in [0.2, 0.25) is 5.02 Å². The Balaban J connectivity index is 1.99. The number of aromatic nitrogens is 3. The summed E-state index contributed by atoms with van der Waals surface area (Å²) >= 11 is 6.32. The minimum Gasteiger partial charge on any atom is -0.399 e. The number of rotatable bonds is 2. The molecule has 0 aliphatic carbocycles. The van der Waals surface area contributed by atoms with Gasteiger partial charge in [-0.2, -0.15) is 5.10 Å². The minimum absolute atomic E-state index is 0.120. The number of aromatic amines is 1. The number of nitrogens with two attached hydrogens (primary N) is 1. The van der Waals surface area contributed by atoms with E-state index in [1.807, 2.05) is 33.8 Å². The number of nitrogen functional groups attached to an aromatic ring is 1. The number of H-pyrrole nitrogens is 1. The summed E-state index contributed by atoms with van der Waals surface area (Å²) < 4.78 is 13.8.